The van der Waals surface area contributed by atoms with Crippen molar-refractivity contribution in [3.63, 3.8) is 0 Å². The molecule has 6 heteroatoms. The Kier molecular flexibility index (Phi) is 3.85. The molecular formula is C15H19N5O. The van der Waals surface area contributed by atoms with Crippen molar-refractivity contribution >= 4 is 17.4 Å². The van der Waals surface area contributed by atoms with Crippen LogP contribution < -0.4 is 10.2 Å². The van der Waals surface area contributed by atoms with E-state index in [2.05, 4.69) is 20.2 Å². The van der Waals surface area contributed by atoms with Crippen molar-refractivity contribution in [3.8, 4) is 0 Å². The maximum Gasteiger partial charge on any atom is 0.247 e. The highest BCUT2D eigenvalue weighted by molar-refractivity contribution is 5.93. The van der Waals surface area contributed by atoms with E-state index in [4.69, 9.17) is 0 Å². The number of aromatic nitrogens is 3. The van der Waals surface area contributed by atoms with Crippen LogP contribution in [-0.4, -0.2) is 33.5 Å². The van der Waals surface area contributed by atoms with E-state index < -0.39 is 0 Å². The van der Waals surface area contributed by atoms with Gasteiger partial charge < -0.3 is 14.8 Å². The molecule has 0 bridgehead atoms. The molecule has 0 spiro atoms. The Labute approximate surface area is 123 Å². The number of hydrogen-bond acceptors (Lipinski definition) is 4. The van der Waals surface area contributed by atoms with E-state index in [9.17, 15) is 4.79 Å². The van der Waals surface area contributed by atoms with Gasteiger partial charge in [-0.1, -0.05) is 0 Å². The van der Waals surface area contributed by atoms with Gasteiger partial charge in [-0.05, 0) is 31.9 Å². The molecule has 1 saturated heterocycles. The summed E-state index contributed by atoms with van der Waals surface area (Å²) < 4.78 is 1.77. The van der Waals surface area contributed by atoms with Crippen LogP contribution in [0.2, 0.25) is 0 Å². The monoisotopic (exact) mass is 285 g/mol. The number of nitrogens with zero attached hydrogens (tertiary/aromatic N) is 4. The lowest BCUT2D eigenvalue weighted by Crippen LogP contribution is -2.23. The maximum absolute atomic E-state index is 12.2. The Morgan fingerprint density at radius 2 is 2.14 bits per heavy atom. The maximum atomic E-state index is 12.2. The predicted molar refractivity (Wildman–Crippen MR) is 81.3 cm³/mol. The summed E-state index contributed by atoms with van der Waals surface area (Å²) >= 11 is 0. The van der Waals surface area contributed by atoms with Crippen molar-refractivity contribution in [1.29, 1.82) is 0 Å². The largest absolute Gasteiger partial charge is 0.357 e. The van der Waals surface area contributed by atoms with Crippen molar-refractivity contribution < 1.29 is 4.79 Å². The molecule has 2 aromatic heterocycles. The number of imidazole rings is 1. The first kappa shape index (κ1) is 13.6. The lowest BCUT2D eigenvalue weighted by atomic mass is 10.3. The van der Waals surface area contributed by atoms with Crippen LogP contribution in [0.5, 0.6) is 0 Å². The van der Waals surface area contributed by atoms with Gasteiger partial charge in [-0.25, -0.2) is 9.97 Å². The highest BCUT2D eigenvalue weighted by Crippen LogP contribution is 2.19. The topological polar surface area (TPSA) is 63.1 Å². The Bertz CT molecular complexity index is 587. The van der Waals surface area contributed by atoms with Crippen LogP contribution >= 0.6 is 0 Å². The minimum atomic E-state index is -0.300. The Hall–Kier alpha value is -2.37. The molecule has 1 amide bonds. The minimum absolute atomic E-state index is 0.0799. The zero-order valence-electron chi connectivity index (χ0n) is 12.1. The SMILES string of the molecule is C[C@@H](C(=O)Nc1ccc(N2CCCC2)nc1)n1ccnc1. The number of anilines is 2. The summed E-state index contributed by atoms with van der Waals surface area (Å²) in [6.07, 6.45) is 9.24. The molecule has 3 rings (SSSR count). The van der Waals surface area contributed by atoms with Gasteiger partial charge in [-0.2, -0.15) is 0 Å². The average Bonchev–Trinajstić information content (AvgIpc) is 3.20. The molecule has 0 saturated carbocycles. The molecule has 0 unspecified atom stereocenters. The van der Waals surface area contributed by atoms with Gasteiger partial charge in [0.25, 0.3) is 0 Å². The molecule has 110 valence electrons. The van der Waals surface area contributed by atoms with Crippen LogP contribution in [0.1, 0.15) is 25.8 Å². The van der Waals surface area contributed by atoms with Crippen LogP contribution in [0.4, 0.5) is 11.5 Å². The second-order valence-electron chi connectivity index (χ2n) is 5.27. The van der Waals surface area contributed by atoms with Gasteiger partial charge >= 0.3 is 0 Å². The molecule has 3 heterocycles. The Morgan fingerprint density at radius 1 is 1.33 bits per heavy atom. The molecule has 1 aliphatic rings. The predicted octanol–water partition coefficient (Wildman–Crippen LogP) is 2.08. The van der Waals surface area contributed by atoms with Crippen LogP contribution in [-0.2, 0) is 4.79 Å². The van der Waals surface area contributed by atoms with E-state index in [0.717, 1.165) is 24.6 Å². The molecule has 0 radical (unpaired) electrons. The van der Waals surface area contributed by atoms with E-state index in [1.54, 1.807) is 29.5 Å². The number of carbonyl (C=O) groups is 1. The highest BCUT2D eigenvalue weighted by atomic mass is 16.2. The number of hydrogen-bond donors (Lipinski definition) is 1. The summed E-state index contributed by atoms with van der Waals surface area (Å²) in [5, 5.41) is 2.88. The normalized spacial score (nSPS) is 16.0. The molecular weight excluding hydrogens is 266 g/mol. The third-order valence-electron chi connectivity index (χ3n) is 3.80. The summed E-state index contributed by atoms with van der Waals surface area (Å²) in [5.74, 6) is 0.900. The smallest absolute Gasteiger partial charge is 0.247 e. The lowest BCUT2D eigenvalue weighted by Gasteiger charge is -2.17. The van der Waals surface area contributed by atoms with Crippen LogP contribution in [0.15, 0.2) is 37.1 Å². The molecule has 1 atom stereocenters. The summed E-state index contributed by atoms with van der Waals surface area (Å²) in [4.78, 5) is 22.8. The number of nitrogens with one attached hydrogen (secondary N) is 1. The van der Waals surface area contributed by atoms with Crippen LogP contribution in [0, 0.1) is 0 Å². The van der Waals surface area contributed by atoms with E-state index >= 15 is 0 Å². The lowest BCUT2D eigenvalue weighted by molar-refractivity contribution is -0.118. The third-order valence-corrected chi connectivity index (χ3v) is 3.80. The van der Waals surface area contributed by atoms with Crippen molar-refractivity contribution in [2.45, 2.75) is 25.8 Å². The van der Waals surface area contributed by atoms with Gasteiger partial charge in [0.15, 0.2) is 0 Å². The van der Waals surface area contributed by atoms with E-state index in [0.29, 0.717) is 0 Å². The minimum Gasteiger partial charge on any atom is -0.357 e. The van der Waals surface area contributed by atoms with Gasteiger partial charge in [-0.3, -0.25) is 4.79 Å². The van der Waals surface area contributed by atoms with Gasteiger partial charge in [0, 0.05) is 25.5 Å². The number of amides is 1. The zero-order valence-corrected chi connectivity index (χ0v) is 12.1. The van der Waals surface area contributed by atoms with Gasteiger partial charge in [0.2, 0.25) is 5.91 Å². The third kappa shape index (κ3) is 3.04. The van der Waals surface area contributed by atoms with Gasteiger partial charge in [0.05, 0.1) is 18.2 Å². The number of pyridine rings is 1. The fourth-order valence-electron chi connectivity index (χ4n) is 2.47. The van der Waals surface area contributed by atoms with Gasteiger partial charge in [0.1, 0.15) is 11.9 Å². The summed E-state index contributed by atoms with van der Waals surface area (Å²) in [7, 11) is 0. The van der Waals surface area contributed by atoms with Crippen molar-refractivity contribution in [3.05, 3.63) is 37.1 Å². The second-order valence-corrected chi connectivity index (χ2v) is 5.27. The van der Waals surface area contributed by atoms with Gasteiger partial charge in [-0.15, -0.1) is 0 Å². The zero-order chi connectivity index (χ0) is 14.7. The quantitative estimate of drug-likeness (QED) is 0.934. The van der Waals surface area contributed by atoms with E-state index in [-0.39, 0.29) is 11.9 Å². The van der Waals surface area contributed by atoms with Crippen molar-refractivity contribution in [2.24, 2.45) is 0 Å². The summed E-state index contributed by atoms with van der Waals surface area (Å²) in [6.45, 7) is 3.97. The second kappa shape index (κ2) is 5.95. The van der Waals surface area contributed by atoms with Crippen molar-refractivity contribution in [1.82, 2.24) is 14.5 Å². The van der Waals surface area contributed by atoms with Crippen molar-refractivity contribution in [2.75, 3.05) is 23.3 Å². The molecule has 1 aliphatic heterocycles. The fraction of sp³-hybridized carbons (Fsp3) is 0.400. The molecule has 1 N–H and O–H groups in total. The molecule has 0 aliphatic carbocycles. The molecule has 0 aromatic carbocycles. The fourth-order valence-corrected chi connectivity index (χ4v) is 2.47. The Balaban J connectivity index is 1.63. The molecule has 2 aromatic rings. The molecule has 6 nitrogen and oxygen atoms in total. The average molecular weight is 285 g/mol. The summed E-state index contributed by atoms with van der Waals surface area (Å²) in [5.41, 5.74) is 0.718. The molecule has 1 fully saturated rings. The molecule has 21 heavy (non-hydrogen) atoms. The first-order valence-electron chi connectivity index (χ1n) is 7.23. The summed E-state index contributed by atoms with van der Waals surface area (Å²) in [6, 6.07) is 3.56. The number of carbonyl (C=O) groups excluding carboxylic acids is 1. The number of rotatable bonds is 4. The van der Waals surface area contributed by atoms with Crippen LogP contribution in [0.25, 0.3) is 0 Å². The first-order valence-corrected chi connectivity index (χ1v) is 7.23. The van der Waals surface area contributed by atoms with E-state index in [1.165, 1.54) is 12.8 Å². The Morgan fingerprint density at radius 3 is 2.76 bits per heavy atom. The van der Waals surface area contributed by atoms with E-state index in [1.807, 2.05) is 19.1 Å². The first-order chi connectivity index (χ1) is 10.2. The highest BCUT2D eigenvalue weighted by Gasteiger charge is 2.16. The standard InChI is InChI=1S/C15H19N5O/c1-12(20-9-6-16-11-20)15(21)18-13-4-5-14(17-10-13)19-7-2-3-8-19/h4-6,9-12H,2-3,7-8H2,1H3,(H,18,21)/t12-/m0/s1. The van der Waals surface area contributed by atoms with Crippen LogP contribution in [0.3, 0.4) is 0 Å².